The summed E-state index contributed by atoms with van der Waals surface area (Å²) in [5, 5.41) is 0. The quantitative estimate of drug-likeness (QED) is 0.551. The summed E-state index contributed by atoms with van der Waals surface area (Å²) in [6.07, 6.45) is 0. The first-order valence-corrected chi connectivity index (χ1v) is 9.50. The predicted molar refractivity (Wildman–Crippen MR) is 78.6 cm³/mol. The average molecular weight is 370 g/mol. The van der Waals surface area contributed by atoms with Gasteiger partial charge in [0.15, 0.2) is 0 Å². The molecule has 0 heterocycles. The van der Waals surface area contributed by atoms with Gasteiger partial charge in [-0.25, -0.2) is 0 Å². The molecule has 0 saturated carbocycles. The van der Waals surface area contributed by atoms with Gasteiger partial charge in [0.05, 0.1) is 0 Å². The Morgan fingerprint density at radius 2 is 1.63 bits per heavy atom. The third-order valence-corrected chi connectivity index (χ3v) is 5.19. The van der Waals surface area contributed by atoms with Gasteiger partial charge in [-0.15, -0.1) is 0 Å². The van der Waals surface area contributed by atoms with E-state index in [0.29, 0.717) is 0 Å². The van der Waals surface area contributed by atoms with Gasteiger partial charge in [-0.3, -0.25) is 0 Å². The molecule has 0 radical (unpaired) electrons. The first-order chi connectivity index (χ1) is 9.38. The molecule has 0 aromatic heterocycles. The molecule has 0 aliphatic carbocycles. The van der Waals surface area contributed by atoms with E-state index < -0.39 is 0 Å². The van der Waals surface area contributed by atoms with Crippen LogP contribution in [0.5, 0.6) is 5.75 Å². The molecule has 0 unspecified atom stereocenters. The predicted octanol–water partition coefficient (Wildman–Crippen LogP) is 3.07. The molecule has 0 N–H and O–H groups in total. The van der Waals surface area contributed by atoms with Crippen LogP contribution in [0.2, 0.25) is 0 Å². The van der Waals surface area contributed by atoms with Crippen LogP contribution < -0.4 is 4.74 Å². The topological polar surface area (TPSA) is 18.5 Å². The van der Waals surface area contributed by atoms with Crippen LogP contribution in [0.25, 0.3) is 0 Å². The Hall–Kier alpha value is -1.01. The summed E-state index contributed by atoms with van der Waals surface area (Å²) >= 11 is -0.106. The molecule has 2 aromatic rings. The summed E-state index contributed by atoms with van der Waals surface area (Å²) in [6, 6.07) is 18.6. The molecule has 0 aliphatic heterocycles. The molecule has 0 amide bonds. The van der Waals surface area contributed by atoms with Crippen molar-refractivity contribution in [2.45, 2.75) is 11.1 Å². The number of ether oxygens (including phenoxy) is 2. The molecule has 0 fully saturated rings. The monoisotopic (exact) mass is 372 g/mol. The van der Waals surface area contributed by atoms with E-state index in [1.165, 1.54) is 15.6 Å². The van der Waals surface area contributed by atoms with E-state index in [1.807, 2.05) is 30.3 Å². The molecule has 0 atom stereocenters. The van der Waals surface area contributed by atoms with Crippen molar-refractivity contribution >= 4 is 20.9 Å². The summed E-state index contributed by atoms with van der Waals surface area (Å²) < 4.78 is 13.0. The van der Waals surface area contributed by atoms with Crippen LogP contribution in [0, 0.1) is 0 Å². The second-order valence-corrected chi connectivity index (χ2v) is 6.81. The summed E-state index contributed by atoms with van der Waals surface area (Å²) in [4.78, 5) is 0. The van der Waals surface area contributed by atoms with Gasteiger partial charge in [0.1, 0.15) is 0 Å². The first-order valence-electron chi connectivity index (χ1n) is 6.21. The fourth-order valence-electron chi connectivity index (χ4n) is 1.67. The van der Waals surface area contributed by atoms with E-state index in [9.17, 15) is 0 Å². The first kappa shape index (κ1) is 14.4. The molecule has 0 spiro atoms. The van der Waals surface area contributed by atoms with Crippen LogP contribution in [0.1, 0.15) is 11.1 Å². The normalized spacial score (nSPS) is 10.4. The summed E-state index contributed by atoms with van der Waals surface area (Å²) in [7, 11) is 1.70. The molecular weight excluding hydrogens is 352 g/mol. The summed E-state index contributed by atoms with van der Waals surface area (Å²) in [5.41, 5.74) is 2.63. The number of hydrogen-bond donors (Lipinski definition) is 0. The van der Waals surface area contributed by atoms with Gasteiger partial charge in [0, 0.05) is 0 Å². The number of hydrogen-bond acceptors (Lipinski definition) is 2. The van der Waals surface area contributed by atoms with Crippen molar-refractivity contribution < 1.29 is 9.47 Å². The molecule has 0 saturated heterocycles. The van der Waals surface area contributed by atoms with E-state index in [-0.39, 0.29) is 20.9 Å². The Morgan fingerprint density at radius 3 is 2.32 bits per heavy atom. The number of benzene rings is 2. The molecule has 19 heavy (non-hydrogen) atoms. The van der Waals surface area contributed by atoms with Crippen molar-refractivity contribution in [3.63, 3.8) is 0 Å². The van der Waals surface area contributed by atoms with Gasteiger partial charge < -0.3 is 0 Å². The zero-order valence-electron chi connectivity index (χ0n) is 11.0. The Kier molecular flexibility index (Phi) is 6.23. The Morgan fingerprint density at radius 1 is 0.895 bits per heavy atom. The van der Waals surface area contributed by atoms with Crippen molar-refractivity contribution in [2.75, 3.05) is 11.8 Å². The molecule has 100 valence electrons. The number of rotatable bonds is 7. The van der Waals surface area contributed by atoms with Crippen molar-refractivity contribution in [1.29, 1.82) is 0 Å². The number of methoxy groups -OCH3 is 1. The molecular formula is C16H18O2Te. The fourth-order valence-corrected chi connectivity index (χ4v) is 3.71. The Balaban J connectivity index is 1.63. The third kappa shape index (κ3) is 5.24. The summed E-state index contributed by atoms with van der Waals surface area (Å²) in [6.45, 7) is 0.730. The van der Waals surface area contributed by atoms with Crippen LogP contribution >= 0.6 is 0 Å². The van der Waals surface area contributed by atoms with Gasteiger partial charge in [-0.05, 0) is 0 Å². The van der Waals surface area contributed by atoms with Crippen LogP contribution in [0.15, 0.2) is 54.6 Å². The van der Waals surface area contributed by atoms with E-state index in [4.69, 9.17) is 9.47 Å². The molecule has 2 rings (SSSR count). The Labute approximate surface area is 124 Å². The second kappa shape index (κ2) is 8.22. The zero-order valence-corrected chi connectivity index (χ0v) is 13.4. The average Bonchev–Trinajstić information content (AvgIpc) is 2.49. The van der Waals surface area contributed by atoms with Crippen molar-refractivity contribution in [2.24, 2.45) is 0 Å². The second-order valence-electron chi connectivity index (χ2n) is 4.15. The van der Waals surface area contributed by atoms with Crippen molar-refractivity contribution in [1.82, 2.24) is 0 Å². The molecule has 0 aliphatic rings. The zero-order chi connectivity index (χ0) is 13.3. The third-order valence-electron chi connectivity index (χ3n) is 2.71. The van der Waals surface area contributed by atoms with Gasteiger partial charge in [-0.1, -0.05) is 0 Å². The van der Waals surface area contributed by atoms with Crippen molar-refractivity contribution in [3.8, 4) is 5.75 Å². The van der Waals surface area contributed by atoms with E-state index >= 15 is 0 Å². The van der Waals surface area contributed by atoms with Crippen LogP contribution in [0.3, 0.4) is 0 Å². The maximum absolute atomic E-state index is 5.72. The molecule has 2 nitrogen and oxygen atoms in total. The SMILES string of the molecule is COc1ccc(C[Te]COCc2ccccc2)cc1. The molecule has 2 aromatic carbocycles. The van der Waals surface area contributed by atoms with Crippen LogP contribution in [0.4, 0.5) is 0 Å². The van der Waals surface area contributed by atoms with Gasteiger partial charge in [-0.2, -0.15) is 0 Å². The van der Waals surface area contributed by atoms with Crippen molar-refractivity contribution in [3.05, 3.63) is 65.7 Å². The summed E-state index contributed by atoms with van der Waals surface area (Å²) in [5.74, 6) is 0.921. The van der Waals surface area contributed by atoms with Crippen LogP contribution in [-0.4, -0.2) is 32.7 Å². The molecule has 3 heteroatoms. The minimum absolute atomic E-state index is 0.106. The fraction of sp³-hybridized carbons (Fsp3) is 0.250. The van der Waals surface area contributed by atoms with Gasteiger partial charge in [0.25, 0.3) is 0 Å². The molecule has 0 bridgehead atoms. The van der Waals surface area contributed by atoms with E-state index in [0.717, 1.165) is 17.0 Å². The minimum atomic E-state index is -0.106. The van der Waals surface area contributed by atoms with Gasteiger partial charge >= 0.3 is 125 Å². The Bertz CT molecular complexity index is 468. The maximum atomic E-state index is 5.72. The standard InChI is InChI=1S/C16H18O2Te/c1-17-16-9-7-15(8-10-16)12-19-13-18-11-14-5-3-2-4-6-14/h2-10H,11-13H2,1H3. The van der Waals surface area contributed by atoms with E-state index in [1.54, 1.807) is 7.11 Å². The van der Waals surface area contributed by atoms with E-state index in [2.05, 4.69) is 24.3 Å². The van der Waals surface area contributed by atoms with Crippen LogP contribution in [-0.2, 0) is 15.8 Å². The van der Waals surface area contributed by atoms with Gasteiger partial charge in [0.2, 0.25) is 0 Å².